The number of carbonyl (C=O) groups excluding carboxylic acids is 1. The molecule has 5 nitrogen and oxygen atoms in total. The van der Waals surface area contributed by atoms with Crippen LogP contribution in [0.5, 0.6) is 5.75 Å². The van der Waals surface area contributed by atoms with Gasteiger partial charge in [-0.2, -0.15) is 0 Å². The first kappa shape index (κ1) is 18.5. The minimum atomic E-state index is -0.237. The number of fused-ring (bicyclic) bond motifs is 1. The summed E-state index contributed by atoms with van der Waals surface area (Å²) in [6.07, 6.45) is 0. The van der Waals surface area contributed by atoms with Crippen molar-refractivity contribution in [1.82, 2.24) is 0 Å². The van der Waals surface area contributed by atoms with Crippen molar-refractivity contribution in [3.05, 3.63) is 94.1 Å². The van der Waals surface area contributed by atoms with Gasteiger partial charge >= 0.3 is 0 Å². The van der Waals surface area contributed by atoms with Crippen LogP contribution in [0.25, 0.3) is 22.3 Å². The lowest BCUT2D eigenvalue weighted by Gasteiger charge is -2.09. The van der Waals surface area contributed by atoms with Gasteiger partial charge < -0.3 is 14.5 Å². The van der Waals surface area contributed by atoms with Gasteiger partial charge in [-0.05, 0) is 49.4 Å². The highest BCUT2D eigenvalue weighted by molar-refractivity contribution is 6.05. The number of benzene rings is 3. The molecule has 1 amide bonds. The minimum Gasteiger partial charge on any atom is -0.496 e. The summed E-state index contributed by atoms with van der Waals surface area (Å²) in [6, 6.07) is 21.1. The number of aryl methyl sites for hydroxylation is 1. The van der Waals surface area contributed by atoms with Gasteiger partial charge in [-0.3, -0.25) is 9.59 Å². The Kier molecular flexibility index (Phi) is 4.87. The van der Waals surface area contributed by atoms with Gasteiger partial charge in [-0.1, -0.05) is 29.8 Å². The second-order valence-electron chi connectivity index (χ2n) is 6.71. The Bertz CT molecular complexity index is 1260. The summed E-state index contributed by atoms with van der Waals surface area (Å²) >= 11 is 0. The molecule has 3 aromatic carbocycles. The third-order valence-corrected chi connectivity index (χ3v) is 4.67. The molecule has 0 fully saturated rings. The maximum atomic E-state index is 12.7. The Balaban J connectivity index is 1.68. The SMILES string of the molecule is COc1ccccc1-c1cc(=O)c2cc(NC(=O)c3ccc(C)cc3)ccc2o1. The van der Waals surface area contributed by atoms with E-state index in [2.05, 4.69) is 5.32 Å². The van der Waals surface area contributed by atoms with Crippen molar-refractivity contribution in [1.29, 1.82) is 0 Å². The van der Waals surface area contributed by atoms with Crippen LogP contribution in [0.15, 0.2) is 82.0 Å². The Morgan fingerprint density at radius 1 is 0.966 bits per heavy atom. The van der Waals surface area contributed by atoms with E-state index >= 15 is 0 Å². The van der Waals surface area contributed by atoms with E-state index in [1.54, 1.807) is 37.4 Å². The topological polar surface area (TPSA) is 68.5 Å². The third-order valence-electron chi connectivity index (χ3n) is 4.67. The smallest absolute Gasteiger partial charge is 0.255 e. The fourth-order valence-corrected chi connectivity index (χ4v) is 3.12. The molecule has 0 atom stereocenters. The summed E-state index contributed by atoms with van der Waals surface area (Å²) in [5.74, 6) is 0.813. The van der Waals surface area contributed by atoms with E-state index < -0.39 is 0 Å². The molecule has 0 saturated carbocycles. The summed E-state index contributed by atoms with van der Waals surface area (Å²) in [5.41, 5.74) is 3.10. The van der Waals surface area contributed by atoms with Gasteiger partial charge in [0.1, 0.15) is 17.1 Å². The number of amides is 1. The molecule has 0 aliphatic rings. The Hall–Kier alpha value is -3.86. The number of nitrogens with one attached hydrogen (secondary N) is 1. The number of rotatable bonds is 4. The molecule has 5 heteroatoms. The van der Waals surface area contributed by atoms with E-state index in [1.165, 1.54) is 6.07 Å². The first-order valence-corrected chi connectivity index (χ1v) is 9.14. The van der Waals surface area contributed by atoms with Crippen molar-refractivity contribution in [2.24, 2.45) is 0 Å². The van der Waals surface area contributed by atoms with Crippen LogP contribution < -0.4 is 15.5 Å². The van der Waals surface area contributed by atoms with Gasteiger partial charge in [0.05, 0.1) is 18.1 Å². The molecule has 1 heterocycles. The predicted octanol–water partition coefficient (Wildman–Crippen LogP) is 5.03. The molecule has 1 N–H and O–H groups in total. The van der Waals surface area contributed by atoms with E-state index in [1.807, 2.05) is 43.3 Å². The van der Waals surface area contributed by atoms with Crippen molar-refractivity contribution in [3.63, 3.8) is 0 Å². The number of ether oxygens (including phenoxy) is 1. The molecule has 0 unspecified atom stereocenters. The number of methoxy groups -OCH3 is 1. The number of hydrogen-bond acceptors (Lipinski definition) is 4. The van der Waals surface area contributed by atoms with Crippen molar-refractivity contribution < 1.29 is 13.9 Å². The number of para-hydroxylation sites is 1. The molecule has 4 rings (SSSR count). The first-order chi connectivity index (χ1) is 14.0. The maximum absolute atomic E-state index is 12.7. The van der Waals surface area contributed by atoms with Gasteiger partial charge in [-0.15, -0.1) is 0 Å². The van der Waals surface area contributed by atoms with Crippen LogP contribution in [-0.4, -0.2) is 13.0 Å². The molecule has 0 bridgehead atoms. The van der Waals surface area contributed by atoms with Crippen molar-refractivity contribution in [2.75, 3.05) is 12.4 Å². The molecule has 29 heavy (non-hydrogen) atoms. The highest BCUT2D eigenvalue weighted by atomic mass is 16.5. The lowest BCUT2D eigenvalue weighted by molar-refractivity contribution is 0.102. The zero-order valence-electron chi connectivity index (χ0n) is 16.1. The Morgan fingerprint density at radius 2 is 1.72 bits per heavy atom. The average Bonchev–Trinajstić information content (AvgIpc) is 2.74. The van der Waals surface area contributed by atoms with Crippen LogP contribution in [0, 0.1) is 6.92 Å². The minimum absolute atomic E-state index is 0.196. The molecule has 144 valence electrons. The Labute approximate surface area is 167 Å². The summed E-state index contributed by atoms with van der Waals surface area (Å²) in [4.78, 5) is 25.1. The number of hydrogen-bond donors (Lipinski definition) is 1. The molecule has 4 aromatic rings. The van der Waals surface area contributed by atoms with Gasteiger partial charge in [0.15, 0.2) is 5.43 Å². The molecular weight excluding hydrogens is 366 g/mol. The second kappa shape index (κ2) is 7.64. The first-order valence-electron chi connectivity index (χ1n) is 9.14. The van der Waals surface area contributed by atoms with E-state index in [0.717, 1.165) is 5.56 Å². The lowest BCUT2D eigenvalue weighted by Crippen LogP contribution is -2.12. The standard InChI is InChI=1S/C24H19NO4/c1-15-7-9-16(10-8-15)24(27)25-17-11-12-22-19(13-17)20(26)14-23(29-22)18-5-3-4-6-21(18)28-2/h3-14H,1-2H3,(H,25,27). The third kappa shape index (κ3) is 3.75. The number of carbonyl (C=O) groups is 1. The monoisotopic (exact) mass is 385 g/mol. The second-order valence-corrected chi connectivity index (χ2v) is 6.71. The van der Waals surface area contributed by atoms with Crippen LogP contribution >= 0.6 is 0 Å². The van der Waals surface area contributed by atoms with Gasteiger partial charge in [0.2, 0.25) is 0 Å². The normalized spacial score (nSPS) is 10.7. The highest BCUT2D eigenvalue weighted by Crippen LogP contribution is 2.31. The summed E-state index contributed by atoms with van der Waals surface area (Å²) in [7, 11) is 1.57. The molecule has 0 aliphatic carbocycles. The van der Waals surface area contributed by atoms with Gasteiger partial charge in [0.25, 0.3) is 5.91 Å². The van der Waals surface area contributed by atoms with E-state index in [4.69, 9.17) is 9.15 Å². The summed E-state index contributed by atoms with van der Waals surface area (Å²) < 4.78 is 11.3. The van der Waals surface area contributed by atoms with Gasteiger partial charge in [-0.25, -0.2) is 0 Å². The summed E-state index contributed by atoms with van der Waals surface area (Å²) in [5, 5.41) is 3.22. The highest BCUT2D eigenvalue weighted by Gasteiger charge is 2.12. The molecule has 0 aliphatic heterocycles. The van der Waals surface area contributed by atoms with Crippen LogP contribution in [0.4, 0.5) is 5.69 Å². The molecular formula is C24H19NO4. The van der Waals surface area contributed by atoms with E-state index in [9.17, 15) is 9.59 Å². The zero-order chi connectivity index (χ0) is 20.4. The number of anilines is 1. The fraction of sp³-hybridized carbons (Fsp3) is 0.0833. The van der Waals surface area contributed by atoms with E-state index in [0.29, 0.717) is 39.3 Å². The van der Waals surface area contributed by atoms with Crippen LogP contribution in [0.1, 0.15) is 15.9 Å². The van der Waals surface area contributed by atoms with Crippen molar-refractivity contribution in [3.8, 4) is 17.1 Å². The van der Waals surface area contributed by atoms with Crippen LogP contribution in [0.3, 0.4) is 0 Å². The molecule has 1 aromatic heterocycles. The largest absolute Gasteiger partial charge is 0.496 e. The van der Waals surface area contributed by atoms with Gasteiger partial charge in [0, 0.05) is 17.3 Å². The lowest BCUT2D eigenvalue weighted by atomic mass is 10.1. The summed E-state index contributed by atoms with van der Waals surface area (Å²) in [6.45, 7) is 1.96. The zero-order valence-corrected chi connectivity index (χ0v) is 16.1. The average molecular weight is 385 g/mol. The molecule has 0 spiro atoms. The van der Waals surface area contributed by atoms with Crippen molar-refractivity contribution >= 4 is 22.6 Å². The maximum Gasteiger partial charge on any atom is 0.255 e. The van der Waals surface area contributed by atoms with Crippen LogP contribution in [0.2, 0.25) is 0 Å². The molecule has 0 saturated heterocycles. The molecule has 0 radical (unpaired) electrons. The fourth-order valence-electron chi connectivity index (χ4n) is 3.12. The quantitative estimate of drug-likeness (QED) is 0.535. The predicted molar refractivity (Wildman–Crippen MR) is 114 cm³/mol. The Morgan fingerprint density at radius 3 is 2.48 bits per heavy atom. The van der Waals surface area contributed by atoms with Crippen molar-refractivity contribution in [2.45, 2.75) is 6.92 Å². The van der Waals surface area contributed by atoms with Crippen LogP contribution in [-0.2, 0) is 0 Å². The van der Waals surface area contributed by atoms with E-state index in [-0.39, 0.29) is 11.3 Å².